The maximum absolute atomic E-state index is 14.2. The molecule has 0 aliphatic rings. The van der Waals surface area contributed by atoms with E-state index in [0.29, 0.717) is 21.7 Å². The number of aromatic nitrogens is 1. The molecule has 0 saturated carbocycles. The zero-order valence-corrected chi connectivity index (χ0v) is 11.1. The van der Waals surface area contributed by atoms with E-state index in [-0.39, 0.29) is 11.6 Å². The predicted molar refractivity (Wildman–Crippen MR) is 74.0 cm³/mol. The molecule has 100 valence electrons. The van der Waals surface area contributed by atoms with Crippen LogP contribution >= 0.6 is 11.6 Å². The summed E-state index contributed by atoms with van der Waals surface area (Å²) in [4.78, 5) is 3.95. The minimum atomic E-state index is -0.605. The van der Waals surface area contributed by atoms with E-state index in [9.17, 15) is 4.39 Å². The van der Waals surface area contributed by atoms with E-state index in [1.165, 1.54) is 6.20 Å². The summed E-state index contributed by atoms with van der Waals surface area (Å²) < 4.78 is 14.2. The van der Waals surface area contributed by atoms with Gasteiger partial charge < -0.3 is 5.73 Å². The second-order valence-corrected chi connectivity index (χ2v) is 4.64. The minimum absolute atomic E-state index is 0.258. The van der Waals surface area contributed by atoms with Crippen LogP contribution in [-0.2, 0) is 0 Å². The molecule has 0 aliphatic carbocycles. The van der Waals surface area contributed by atoms with Crippen molar-refractivity contribution in [2.75, 3.05) is 5.73 Å². The number of nitrogens with zero attached hydrogens (tertiary/aromatic N) is 1. The van der Waals surface area contributed by atoms with Crippen molar-refractivity contribution in [2.24, 2.45) is 5.84 Å². The summed E-state index contributed by atoms with van der Waals surface area (Å²) in [5.41, 5.74) is 9.83. The summed E-state index contributed by atoms with van der Waals surface area (Å²) in [5.74, 6) is 5.46. The Morgan fingerprint density at radius 1 is 1.37 bits per heavy atom. The molecule has 6 heteroatoms. The van der Waals surface area contributed by atoms with Crippen LogP contribution in [-0.4, -0.2) is 4.98 Å². The molecule has 1 aromatic heterocycles. The Hall–Kier alpha value is -1.69. The summed E-state index contributed by atoms with van der Waals surface area (Å²) in [6.45, 7) is 1.69. The number of nitrogens with one attached hydrogen (secondary N) is 1. The number of hydrogen-bond donors (Lipinski definition) is 3. The van der Waals surface area contributed by atoms with Gasteiger partial charge in [-0.1, -0.05) is 29.8 Å². The van der Waals surface area contributed by atoms with Crippen LogP contribution in [0.1, 0.15) is 22.7 Å². The molecule has 1 unspecified atom stereocenters. The molecule has 1 heterocycles. The van der Waals surface area contributed by atoms with Gasteiger partial charge in [-0.05, 0) is 18.6 Å². The van der Waals surface area contributed by atoms with Gasteiger partial charge in [0.1, 0.15) is 11.6 Å². The van der Waals surface area contributed by atoms with Gasteiger partial charge in [-0.3, -0.25) is 5.84 Å². The van der Waals surface area contributed by atoms with Crippen molar-refractivity contribution in [3.8, 4) is 0 Å². The summed E-state index contributed by atoms with van der Waals surface area (Å²) in [6, 6.07) is 6.10. The molecule has 0 spiro atoms. The van der Waals surface area contributed by atoms with Gasteiger partial charge in [0.25, 0.3) is 0 Å². The molecule has 1 atom stereocenters. The lowest BCUT2D eigenvalue weighted by molar-refractivity contribution is 0.554. The number of nitrogens with two attached hydrogens (primary N) is 2. The normalized spacial score (nSPS) is 12.4. The third-order valence-electron chi connectivity index (χ3n) is 2.93. The molecule has 0 saturated heterocycles. The van der Waals surface area contributed by atoms with E-state index in [4.69, 9.17) is 23.2 Å². The van der Waals surface area contributed by atoms with Gasteiger partial charge in [-0.25, -0.2) is 14.8 Å². The maximum Gasteiger partial charge on any atom is 0.131 e. The highest BCUT2D eigenvalue weighted by Crippen LogP contribution is 2.29. The maximum atomic E-state index is 14.2. The van der Waals surface area contributed by atoms with Gasteiger partial charge in [0.2, 0.25) is 0 Å². The number of rotatable bonds is 3. The minimum Gasteiger partial charge on any atom is -0.383 e. The van der Waals surface area contributed by atoms with E-state index >= 15 is 0 Å². The molecule has 2 aromatic rings. The molecule has 0 bridgehead atoms. The van der Waals surface area contributed by atoms with Gasteiger partial charge in [0.15, 0.2) is 0 Å². The molecule has 0 fully saturated rings. The first-order chi connectivity index (χ1) is 9.04. The Morgan fingerprint density at radius 3 is 2.79 bits per heavy atom. The number of hydrazine groups is 1. The highest BCUT2D eigenvalue weighted by atomic mass is 35.5. The second kappa shape index (κ2) is 5.52. The largest absolute Gasteiger partial charge is 0.383 e. The third kappa shape index (κ3) is 2.68. The SMILES string of the molecule is Cc1cccc(C(NN)c2cc(Cl)cnc2N)c1F. The zero-order valence-electron chi connectivity index (χ0n) is 10.3. The number of halogens is 2. The Kier molecular flexibility index (Phi) is 3.99. The monoisotopic (exact) mass is 280 g/mol. The topological polar surface area (TPSA) is 77.0 Å². The molecule has 0 aliphatic heterocycles. The average molecular weight is 281 g/mol. The lowest BCUT2D eigenvalue weighted by Gasteiger charge is -2.19. The Morgan fingerprint density at radius 2 is 2.11 bits per heavy atom. The molecule has 2 rings (SSSR count). The Bertz CT molecular complexity index is 601. The fourth-order valence-electron chi connectivity index (χ4n) is 1.94. The van der Waals surface area contributed by atoms with Crippen molar-refractivity contribution in [3.05, 3.63) is 58.0 Å². The molecule has 5 N–H and O–H groups in total. The van der Waals surface area contributed by atoms with Crippen LogP contribution in [0.5, 0.6) is 0 Å². The van der Waals surface area contributed by atoms with Crippen LogP contribution in [0.15, 0.2) is 30.5 Å². The first-order valence-electron chi connectivity index (χ1n) is 5.66. The lowest BCUT2D eigenvalue weighted by atomic mass is 9.97. The number of hydrogen-bond acceptors (Lipinski definition) is 4. The second-order valence-electron chi connectivity index (χ2n) is 4.21. The third-order valence-corrected chi connectivity index (χ3v) is 3.13. The van der Waals surface area contributed by atoms with Crippen LogP contribution in [0.25, 0.3) is 0 Å². The van der Waals surface area contributed by atoms with Gasteiger partial charge in [0, 0.05) is 17.3 Å². The number of pyridine rings is 1. The highest BCUT2D eigenvalue weighted by molar-refractivity contribution is 6.30. The first kappa shape index (κ1) is 13.7. The molecule has 0 amide bonds. The molecular weight excluding hydrogens is 267 g/mol. The van der Waals surface area contributed by atoms with Gasteiger partial charge >= 0.3 is 0 Å². The van der Waals surface area contributed by atoms with Crippen molar-refractivity contribution >= 4 is 17.4 Å². The van der Waals surface area contributed by atoms with Crippen molar-refractivity contribution in [1.29, 1.82) is 0 Å². The van der Waals surface area contributed by atoms with Crippen LogP contribution in [0, 0.1) is 12.7 Å². The highest BCUT2D eigenvalue weighted by Gasteiger charge is 2.20. The fraction of sp³-hybridized carbons (Fsp3) is 0.154. The predicted octanol–water partition coefficient (Wildman–Crippen LogP) is 2.32. The summed E-state index contributed by atoms with van der Waals surface area (Å²) >= 11 is 5.90. The summed E-state index contributed by atoms with van der Waals surface area (Å²) in [7, 11) is 0. The molecule has 1 aromatic carbocycles. The zero-order chi connectivity index (χ0) is 14.0. The van der Waals surface area contributed by atoms with E-state index < -0.39 is 6.04 Å². The standard InChI is InChI=1S/C13H14ClFN4/c1-7-3-2-4-9(11(7)15)12(19-17)10-5-8(14)6-18-13(10)16/h2-6,12,19H,17H2,1H3,(H2,16,18). The Labute approximate surface area is 115 Å². The molecule has 0 radical (unpaired) electrons. The number of benzene rings is 1. The van der Waals surface area contributed by atoms with Crippen molar-refractivity contribution in [2.45, 2.75) is 13.0 Å². The number of nitrogen functional groups attached to an aromatic ring is 1. The Balaban J connectivity index is 2.56. The lowest BCUT2D eigenvalue weighted by Crippen LogP contribution is -2.30. The van der Waals surface area contributed by atoms with Gasteiger partial charge in [-0.2, -0.15) is 0 Å². The van der Waals surface area contributed by atoms with Crippen LogP contribution in [0.3, 0.4) is 0 Å². The van der Waals surface area contributed by atoms with Crippen molar-refractivity contribution in [1.82, 2.24) is 10.4 Å². The van der Waals surface area contributed by atoms with E-state index in [1.54, 1.807) is 31.2 Å². The van der Waals surface area contributed by atoms with Gasteiger partial charge in [-0.15, -0.1) is 0 Å². The number of aryl methyl sites for hydroxylation is 1. The number of anilines is 1. The van der Waals surface area contributed by atoms with E-state index in [1.807, 2.05) is 0 Å². The first-order valence-corrected chi connectivity index (χ1v) is 6.04. The fourth-order valence-corrected chi connectivity index (χ4v) is 2.10. The summed E-state index contributed by atoms with van der Waals surface area (Å²) in [5, 5.41) is 0.414. The van der Waals surface area contributed by atoms with Crippen molar-refractivity contribution in [3.63, 3.8) is 0 Å². The van der Waals surface area contributed by atoms with Crippen LogP contribution < -0.4 is 17.0 Å². The van der Waals surface area contributed by atoms with Crippen molar-refractivity contribution < 1.29 is 4.39 Å². The van der Waals surface area contributed by atoms with Crippen LogP contribution in [0.4, 0.5) is 10.2 Å². The molecular formula is C13H14ClFN4. The van der Waals surface area contributed by atoms with Crippen LogP contribution in [0.2, 0.25) is 5.02 Å². The average Bonchev–Trinajstić information content (AvgIpc) is 2.39. The van der Waals surface area contributed by atoms with E-state index in [2.05, 4.69) is 10.4 Å². The molecule has 19 heavy (non-hydrogen) atoms. The smallest absolute Gasteiger partial charge is 0.131 e. The van der Waals surface area contributed by atoms with Gasteiger partial charge in [0.05, 0.1) is 11.1 Å². The summed E-state index contributed by atoms with van der Waals surface area (Å²) in [6.07, 6.45) is 1.43. The molecule has 4 nitrogen and oxygen atoms in total. The van der Waals surface area contributed by atoms with E-state index in [0.717, 1.165) is 0 Å². The quantitative estimate of drug-likeness (QED) is 0.596.